The number of hydrazine groups is 1. The number of nitrogens with one attached hydrogen (secondary N) is 2. The quantitative estimate of drug-likeness (QED) is 0.368. The number of H-pyrrole nitrogens is 1. The molecule has 3 rings (SSSR count). The highest BCUT2D eigenvalue weighted by molar-refractivity contribution is 7.99. The van der Waals surface area contributed by atoms with Gasteiger partial charge in [0.05, 0.1) is 5.52 Å². The smallest absolute Gasteiger partial charge is 0.238 e. The average Bonchev–Trinajstić information content (AvgIpc) is 2.91. The number of para-hydroxylation sites is 1. The second-order valence-electron chi connectivity index (χ2n) is 3.41. The van der Waals surface area contributed by atoms with Gasteiger partial charge in [0.25, 0.3) is 0 Å². The van der Waals surface area contributed by atoms with Crippen LogP contribution in [0, 0.1) is 0 Å². The molecule has 0 aliphatic rings. The van der Waals surface area contributed by atoms with Gasteiger partial charge in [-0.25, -0.2) is 20.8 Å². The molecule has 1 aromatic carbocycles. The van der Waals surface area contributed by atoms with Crippen molar-refractivity contribution in [3.63, 3.8) is 0 Å². The molecule has 90 valence electrons. The number of rotatable bonds is 3. The zero-order chi connectivity index (χ0) is 12.4. The van der Waals surface area contributed by atoms with E-state index >= 15 is 0 Å². The lowest BCUT2D eigenvalue weighted by Crippen LogP contribution is -2.10. The van der Waals surface area contributed by atoms with Crippen molar-refractivity contribution in [2.75, 3.05) is 5.43 Å². The van der Waals surface area contributed by atoms with Crippen molar-refractivity contribution in [1.29, 1.82) is 0 Å². The summed E-state index contributed by atoms with van der Waals surface area (Å²) in [6.07, 6.45) is 1.45. The molecule has 18 heavy (non-hydrogen) atoms. The number of aromatic nitrogens is 5. The van der Waals surface area contributed by atoms with Gasteiger partial charge in [-0.15, -0.1) is 0 Å². The Morgan fingerprint density at radius 2 is 2.11 bits per heavy atom. The van der Waals surface area contributed by atoms with Crippen LogP contribution in [0.2, 0.25) is 0 Å². The lowest BCUT2D eigenvalue weighted by atomic mass is 10.2. The first-order valence-electron chi connectivity index (χ1n) is 5.13. The van der Waals surface area contributed by atoms with Crippen LogP contribution in [0.25, 0.3) is 10.9 Å². The van der Waals surface area contributed by atoms with Gasteiger partial charge in [0.1, 0.15) is 11.4 Å². The summed E-state index contributed by atoms with van der Waals surface area (Å²) in [6, 6.07) is 7.71. The number of nitrogens with two attached hydrogens (primary N) is 1. The third kappa shape index (κ3) is 1.98. The number of hydrogen-bond donors (Lipinski definition) is 3. The number of nitrogens with zero attached hydrogens (tertiary/aromatic N) is 4. The molecule has 0 bridgehead atoms. The van der Waals surface area contributed by atoms with E-state index in [-0.39, 0.29) is 0 Å². The third-order valence-electron chi connectivity index (χ3n) is 2.28. The van der Waals surface area contributed by atoms with E-state index in [2.05, 4.69) is 30.6 Å². The molecule has 0 saturated carbocycles. The van der Waals surface area contributed by atoms with Crippen LogP contribution in [0.3, 0.4) is 0 Å². The molecule has 0 aliphatic carbocycles. The molecule has 7 nitrogen and oxygen atoms in total. The molecule has 0 amide bonds. The summed E-state index contributed by atoms with van der Waals surface area (Å²) in [4.78, 5) is 12.7. The van der Waals surface area contributed by atoms with E-state index in [4.69, 9.17) is 5.84 Å². The summed E-state index contributed by atoms with van der Waals surface area (Å²) < 4.78 is 0. The molecule has 8 heteroatoms. The van der Waals surface area contributed by atoms with E-state index in [1.54, 1.807) is 0 Å². The number of fused-ring (bicyclic) bond motifs is 1. The Balaban J connectivity index is 2.13. The minimum absolute atomic E-state index is 0.371. The van der Waals surface area contributed by atoms with Gasteiger partial charge in [-0.05, 0) is 17.8 Å². The predicted molar refractivity (Wildman–Crippen MR) is 67.9 cm³/mol. The lowest BCUT2D eigenvalue weighted by Gasteiger charge is -2.05. The third-order valence-corrected chi connectivity index (χ3v) is 3.18. The molecule has 3 aromatic rings. The van der Waals surface area contributed by atoms with Gasteiger partial charge in [0.15, 0.2) is 5.16 Å². The normalized spacial score (nSPS) is 10.7. The lowest BCUT2D eigenvalue weighted by molar-refractivity contribution is 0.967. The highest BCUT2D eigenvalue weighted by Crippen LogP contribution is 2.29. The molecular weight excluding hydrogens is 250 g/mol. The molecule has 2 heterocycles. The minimum atomic E-state index is 0.371. The van der Waals surface area contributed by atoms with Gasteiger partial charge in [0.2, 0.25) is 5.95 Å². The number of nitrogen functional groups attached to an aromatic ring is 1. The van der Waals surface area contributed by atoms with Crippen molar-refractivity contribution >= 4 is 28.6 Å². The van der Waals surface area contributed by atoms with Crippen molar-refractivity contribution in [2.45, 2.75) is 10.2 Å². The monoisotopic (exact) mass is 259 g/mol. The van der Waals surface area contributed by atoms with Crippen LogP contribution in [0.4, 0.5) is 5.95 Å². The molecule has 0 spiro atoms. The topological polar surface area (TPSA) is 105 Å². The van der Waals surface area contributed by atoms with Crippen LogP contribution in [0.5, 0.6) is 0 Å². The van der Waals surface area contributed by atoms with Crippen molar-refractivity contribution in [3.05, 3.63) is 30.6 Å². The van der Waals surface area contributed by atoms with Gasteiger partial charge < -0.3 is 0 Å². The summed E-state index contributed by atoms with van der Waals surface area (Å²) in [6.45, 7) is 0. The van der Waals surface area contributed by atoms with Gasteiger partial charge >= 0.3 is 0 Å². The largest absolute Gasteiger partial charge is 0.292 e. The van der Waals surface area contributed by atoms with Crippen LogP contribution in [0.1, 0.15) is 0 Å². The fourth-order valence-electron chi connectivity index (χ4n) is 1.52. The highest BCUT2D eigenvalue weighted by atomic mass is 32.2. The summed E-state index contributed by atoms with van der Waals surface area (Å²) in [5.74, 6) is 5.73. The fraction of sp³-hybridized carbons (Fsp3) is 0. The Morgan fingerprint density at radius 1 is 1.22 bits per heavy atom. The Bertz CT molecular complexity index is 667. The second-order valence-corrected chi connectivity index (χ2v) is 4.38. The zero-order valence-electron chi connectivity index (χ0n) is 9.16. The maximum atomic E-state index is 5.36. The van der Waals surface area contributed by atoms with Crippen molar-refractivity contribution < 1.29 is 0 Å². The SMILES string of the molecule is NNc1nc(Sc2ncn[nH]2)c2ccccc2n1. The Hall–Kier alpha value is -2.19. The van der Waals surface area contributed by atoms with E-state index in [9.17, 15) is 0 Å². The average molecular weight is 259 g/mol. The molecule has 0 fully saturated rings. The number of aromatic amines is 1. The molecule has 0 aliphatic heterocycles. The van der Waals surface area contributed by atoms with Gasteiger partial charge in [-0.1, -0.05) is 18.2 Å². The van der Waals surface area contributed by atoms with Crippen LogP contribution in [-0.4, -0.2) is 25.1 Å². The standard InChI is InChI=1S/C10H9N7S/c11-16-9-14-7-4-2-1-3-6(7)8(15-9)18-10-12-5-13-17-10/h1-5H,11H2,(H,12,13,17)(H,14,15,16). The van der Waals surface area contributed by atoms with Gasteiger partial charge in [-0.3, -0.25) is 10.5 Å². The minimum Gasteiger partial charge on any atom is -0.292 e. The van der Waals surface area contributed by atoms with Crippen LogP contribution in [0.15, 0.2) is 40.8 Å². The summed E-state index contributed by atoms with van der Waals surface area (Å²) in [7, 11) is 0. The van der Waals surface area contributed by atoms with Gasteiger partial charge in [-0.2, -0.15) is 5.10 Å². The first-order valence-corrected chi connectivity index (χ1v) is 5.95. The number of anilines is 1. The summed E-state index contributed by atoms with van der Waals surface area (Å²) in [5, 5.41) is 8.96. The van der Waals surface area contributed by atoms with Crippen molar-refractivity contribution in [3.8, 4) is 0 Å². The predicted octanol–water partition coefficient (Wildman–Crippen LogP) is 1.18. The van der Waals surface area contributed by atoms with E-state index in [0.717, 1.165) is 15.9 Å². The summed E-state index contributed by atoms with van der Waals surface area (Å²) in [5.41, 5.74) is 3.28. The van der Waals surface area contributed by atoms with Crippen molar-refractivity contribution in [2.24, 2.45) is 5.84 Å². The molecule has 0 unspecified atom stereocenters. The maximum absolute atomic E-state index is 5.36. The fourth-order valence-corrected chi connectivity index (χ4v) is 2.32. The molecule has 0 radical (unpaired) electrons. The Kier molecular flexibility index (Phi) is 2.79. The molecule has 2 aromatic heterocycles. The molecule has 4 N–H and O–H groups in total. The molecule has 0 saturated heterocycles. The van der Waals surface area contributed by atoms with Crippen LogP contribution >= 0.6 is 11.8 Å². The Labute approximate surface area is 106 Å². The second kappa shape index (κ2) is 4.59. The first kappa shape index (κ1) is 10.9. The summed E-state index contributed by atoms with van der Waals surface area (Å²) >= 11 is 1.38. The highest BCUT2D eigenvalue weighted by Gasteiger charge is 2.09. The molecular formula is C10H9N7S. The molecule has 0 atom stereocenters. The first-order chi connectivity index (χ1) is 8.86. The van der Waals surface area contributed by atoms with E-state index in [1.165, 1.54) is 18.1 Å². The van der Waals surface area contributed by atoms with Crippen LogP contribution in [-0.2, 0) is 0 Å². The Morgan fingerprint density at radius 3 is 2.89 bits per heavy atom. The van der Waals surface area contributed by atoms with E-state index in [0.29, 0.717) is 11.1 Å². The van der Waals surface area contributed by atoms with Crippen LogP contribution < -0.4 is 11.3 Å². The zero-order valence-corrected chi connectivity index (χ0v) is 9.98. The number of benzene rings is 1. The van der Waals surface area contributed by atoms with E-state index in [1.807, 2.05) is 24.3 Å². The van der Waals surface area contributed by atoms with Gasteiger partial charge in [0, 0.05) is 5.39 Å². The maximum Gasteiger partial charge on any atom is 0.238 e. The number of hydrogen-bond acceptors (Lipinski definition) is 7. The van der Waals surface area contributed by atoms with E-state index < -0.39 is 0 Å². The van der Waals surface area contributed by atoms with Crippen molar-refractivity contribution in [1.82, 2.24) is 25.1 Å².